The van der Waals surface area contributed by atoms with Crippen molar-refractivity contribution >= 4 is 0 Å². The smallest absolute Gasteiger partial charge is 0.0713 e. The van der Waals surface area contributed by atoms with E-state index in [9.17, 15) is 5.11 Å². The van der Waals surface area contributed by atoms with Gasteiger partial charge in [0.25, 0.3) is 0 Å². The lowest BCUT2D eigenvalue weighted by molar-refractivity contribution is -0.112. The second kappa shape index (κ2) is 5.05. The van der Waals surface area contributed by atoms with Crippen LogP contribution >= 0.6 is 0 Å². The van der Waals surface area contributed by atoms with E-state index in [-0.39, 0.29) is 5.92 Å². The Balaban J connectivity index is 2.76. The van der Waals surface area contributed by atoms with Crippen LogP contribution in [-0.4, -0.2) is 17.3 Å². The van der Waals surface area contributed by atoms with Gasteiger partial charge in [-0.15, -0.1) is 0 Å². The van der Waals surface area contributed by atoms with Gasteiger partial charge in [-0.05, 0) is 43.6 Å². The van der Waals surface area contributed by atoms with E-state index in [2.05, 4.69) is 27.7 Å². The first kappa shape index (κ1) is 14.0. The van der Waals surface area contributed by atoms with Gasteiger partial charge in [0.05, 0.1) is 5.60 Å². The normalized spacial score (nSPS) is 36.0. The molecule has 0 aliphatic heterocycles. The number of hydrogen-bond donors (Lipinski definition) is 2. The third-order valence-electron chi connectivity index (χ3n) is 4.54. The van der Waals surface area contributed by atoms with Gasteiger partial charge in [-0.25, -0.2) is 0 Å². The molecule has 0 spiro atoms. The Labute approximate surface area is 101 Å². The van der Waals surface area contributed by atoms with Crippen LogP contribution in [0.15, 0.2) is 0 Å². The van der Waals surface area contributed by atoms with Gasteiger partial charge >= 0.3 is 0 Å². The highest BCUT2D eigenvalue weighted by Gasteiger charge is 2.46. The first-order chi connectivity index (χ1) is 7.35. The quantitative estimate of drug-likeness (QED) is 0.775. The van der Waals surface area contributed by atoms with Crippen LogP contribution in [0.25, 0.3) is 0 Å². The topological polar surface area (TPSA) is 46.2 Å². The van der Waals surface area contributed by atoms with Crippen molar-refractivity contribution in [2.24, 2.45) is 23.0 Å². The summed E-state index contributed by atoms with van der Waals surface area (Å²) in [5.74, 6) is 0.653. The molecule has 3 unspecified atom stereocenters. The lowest BCUT2D eigenvalue weighted by Gasteiger charge is -2.49. The fourth-order valence-corrected chi connectivity index (χ4v) is 3.42. The molecule has 1 aliphatic carbocycles. The Morgan fingerprint density at radius 1 is 1.38 bits per heavy atom. The molecule has 0 amide bonds. The molecule has 96 valence electrons. The van der Waals surface area contributed by atoms with Crippen LogP contribution in [0.3, 0.4) is 0 Å². The molecular weight excluding hydrogens is 198 g/mol. The van der Waals surface area contributed by atoms with Crippen LogP contribution in [0.4, 0.5) is 0 Å². The summed E-state index contributed by atoms with van der Waals surface area (Å²) in [4.78, 5) is 0. The minimum absolute atomic E-state index is 0.281. The summed E-state index contributed by atoms with van der Waals surface area (Å²) >= 11 is 0. The van der Waals surface area contributed by atoms with E-state index in [0.29, 0.717) is 17.9 Å². The van der Waals surface area contributed by atoms with Crippen LogP contribution in [0.2, 0.25) is 0 Å². The third-order valence-corrected chi connectivity index (χ3v) is 4.54. The number of hydrogen-bond acceptors (Lipinski definition) is 2. The number of nitrogens with two attached hydrogens (primary N) is 1. The van der Waals surface area contributed by atoms with E-state index < -0.39 is 5.60 Å². The lowest BCUT2D eigenvalue weighted by atomic mass is 9.61. The molecule has 1 rings (SSSR count). The molecule has 2 nitrogen and oxygen atoms in total. The van der Waals surface area contributed by atoms with E-state index in [1.807, 2.05) is 0 Å². The number of rotatable bonds is 4. The molecule has 0 heterocycles. The SMILES string of the molecule is CCCC(CN)C1(O)CCC(C)(C)CC1C. The highest BCUT2D eigenvalue weighted by Crippen LogP contribution is 2.47. The van der Waals surface area contributed by atoms with Crippen molar-refractivity contribution in [3.05, 3.63) is 0 Å². The van der Waals surface area contributed by atoms with E-state index in [0.717, 1.165) is 32.1 Å². The van der Waals surface area contributed by atoms with Crippen molar-refractivity contribution in [2.75, 3.05) is 6.54 Å². The molecule has 3 atom stereocenters. The standard InChI is InChI=1S/C14H29NO/c1-5-6-12(10-15)14(16)8-7-13(3,4)9-11(14)2/h11-12,16H,5-10,15H2,1-4H3. The molecule has 1 saturated carbocycles. The van der Waals surface area contributed by atoms with Crippen molar-refractivity contribution in [1.82, 2.24) is 0 Å². The van der Waals surface area contributed by atoms with Crippen LogP contribution in [0.1, 0.15) is 59.8 Å². The number of aliphatic hydroxyl groups is 1. The Morgan fingerprint density at radius 2 is 2.00 bits per heavy atom. The predicted molar refractivity (Wildman–Crippen MR) is 69.2 cm³/mol. The summed E-state index contributed by atoms with van der Waals surface area (Å²) in [5, 5.41) is 10.9. The molecule has 3 N–H and O–H groups in total. The molecule has 0 aromatic heterocycles. The zero-order valence-electron chi connectivity index (χ0n) is 11.4. The Kier molecular flexibility index (Phi) is 4.42. The van der Waals surface area contributed by atoms with E-state index in [1.165, 1.54) is 0 Å². The highest BCUT2D eigenvalue weighted by molar-refractivity contribution is 4.98. The minimum Gasteiger partial charge on any atom is -0.389 e. The summed E-state index contributed by atoms with van der Waals surface area (Å²) in [6.45, 7) is 9.60. The van der Waals surface area contributed by atoms with Crippen LogP contribution in [0, 0.1) is 17.3 Å². The highest BCUT2D eigenvalue weighted by atomic mass is 16.3. The minimum atomic E-state index is -0.514. The van der Waals surface area contributed by atoms with Gasteiger partial charge in [-0.1, -0.05) is 34.1 Å². The van der Waals surface area contributed by atoms with Crippen molar-refractivity contribution in [3.63, 3.8) is 0 Å². The average molecular weight is 227 g/mol. The van der Waals surface area contributed by atoms with Gasteiger partial charge < -0.3 is 10.8 Å². The van der Waals surface area contributed by atoms with Gasteiger partial charge in [0.1, 0.15) is 0 Å². The van der Waals surface area contributed by atoms with Gasteiger partial charge in [0.2, 0.25) is 0 Å². The monoisotopic (exact) mass is 227 g/mol. The second-order valence-corrected chi connectivity index (χ2v) is 6.48. The van der Waals surface area contributed by atoms with E-state index >= 15 is 0 Å². The molecule has 1 aliphatic rings. The Hall–Kier alpha value is -0.0800. The van der Waals surface area contributed by atoms with Gasteiger partial charge in [0.15, 0.2) is 0 Å². The summed E-state index contributed by atoms with van der Waals surface area (Å²) in [5.41, 5.74) is 5.72. The summed E-state index contributed by atoms with van der Waals surface area (Å²) in [7, 11) is 0. The summed E-state index contributed by atoms with van der Waals surface area (Å²) in [6, 6.07) is 0. The molecule has 0 aromatic rings. The van der Waals surface area contributed by atoms with Crippen molar-refractivity contribution in [1.29, 1.82) is 0 Å². The predicted octanol–water partition coefficient (Wildman–Crippen LogP) is 2.94. The molecule has 1 fully saturated rings. The van der Waals surface area contributed by atoms with Crippen LogP contribution in [-0.2, 0) is 0 Å². The van der Waals surface area contributed by atoms with Gasteiger partial charge in [0, 0.05) is 5.92 Å². The summed E-state index contributed by atoms with van der Waals surface area (Å²) in [6.07, 6.45) is 5.32. The van der Waals surface area contributed by atoms with E-state index in [4.69, 9.17) is 5.73 Å². The molecule has 16 heavy (non-hydrogen) atoms. The molecule has 0 radical (unpaired) electrons. The second-order valence-electron chi connectivity index (χ2n) is 6.48. The summed E-state index contributed by atoms with van der Waals surface area (Å²) < 4.78 is 0. The zero-order valence-corrected chi connectivity index (χ0v) is 11.4. The maximum Gasteiger partial charge on any atom is 0.0713 e. The first-order valence-electron chi connectivity index (χ1n) is 6.78. The lowest BCUT2D eigenvalue weighted by Crippen LogP contribution is -2.51. The van der Waals surface area contributed by atoms with Crippen molar-refractivity contribution in [2.45, 2.75) is 65.4 Å². The van der Waals surface area contributed by atoms with E-state index in [1.54, 1.807) is 0 Å². The van der Waals surface area contributed by atoms with Gasteiger partial charge in [-0.3, -0.25) is 0 Å². The Morgan fingerprint density at radius 3 is 2.44 bits per heavy atom. The fraction of sp³-hybridized carbons (Fsp3) is 1.00. The molecule has 2 heteroatoms. The molecular formula is C14H29NO. The van der Waals surface area contributed by atoms with Crippen molar-refractivity contribution in [3.8, 4) is 0 Å². The zero-order chi connectivity index (χ0) is 12.4. The molecule has 0 aromatic carbocycles. The fourth-order valence-electron chi connectivity index (χ4n) is 3.42. The largest absolute Gasteiger partial charge is 0.389 e. The maximum atomic E-state index is 10.9. The van der Waals surface area contributed by atoms with Crippen LogP contribution in [0.5, 0.6) is 0 Å². The van der Waals surface area contributed by atoms with Crippen molar-refractivity contribution < 1.29 is 5.11 Å². The Bertz CT molecular complexity index is 227. The molecule has 0 bridgehead atoms. The van der Waals surface area contributed by atoms with Crippen LogP contribution < -0.4 is 5.73 Å². The first-order valence-corrected chi connectivity index (χ1v) is 6.78. The maximum absolute atomic E-state index is 10.9. The average Bonchev–Trinajstić information content (AvgIpc) is 2.20. The molecule has 0 saturated heterocycles. The third kappa shape index (κ3) is 2.78. The van der Waals surface area contributed by atoms with Gasteiger partial charge in [-0.2, -0.15) is 0 Å².